The molecule has 0 radical (unpaired) electrons. The molecule has 0 heterocycles. The van der Waals surface area contributed by atoms with Crippen molar-refractivity contribution in [3.63, 3.8) is 0 Å². The minimum Gasteiger partial charge on any atom is -0.462 e. The van der Waals surface area contributed by atoms with Crippen molar-refractivity contribution in [2.45, 2.75) is 431 Å². The van der Waals surface area contributed by atoms with E-state index < -0.39 is 6.10 Å². The summed E-state index contributed by atoms with van der Waals surface area (Å²) in [7, 11) is 0. The Hall–Kier alpha value is -2.40. The molecule has 0 aliphatic rings. The summed E-state index contributed by atoms with van der Waals surface area (Å²) in [5.41, 5.74) is 0. The summed E-state index contributed by atoms with van der Waals surface area (Å²) in [4.78, 5) is 24.7. The molecule has 1 atom stereocenters. The number of ether oxygens (including phenoxy) is 2. The molecule has 5 nitrogen and oxygen atoms in total. The quantitative estimate of drug-likeness (QED) is 0.0373. The van der Waals surface area contributed by atoms with E-state index in [1.165, 1.54) is 334 Å². The van der Waals surface area contributed by atoms with Gasteiger partial charge in [0.05, 0.1) is 6.61 Å². The van der Waals surface area contributed by atoms with Crippen LogP contribution in [0, 0.1) is 0 Å². The van der Waals surface area contributed by atoms with Crippen molar-refractivity contribution in [2.24, 2.45) is 0 Å². The van der Waals surface area contributed by atoms with Crippen LogP contribution in [-0.2, 0) is 19.1 Å². The lowest BCUT2D eigenvalue weighted by molar-refractivity contribution is -0.161. The second-order valence-corrected chi connectivity index (χ2v) is 26.4. The van der Waals surface area contributed by atoms with E-state index in [0.29, 0.717) is 12.8 Å². The number of allylic oxidation sites excluding steroid dienone is 10. The molecule has 0 aromatic rings. The first kappa shape index (κ1) is 83.6. The number of aliphatic hydroxyl groups excluding tert-OH is 1. The highest BCUT2D eigenvalue weighted by molar-refractivity contribution is 5.70. The van der Waals surface area contributed by atoms with Crippen LogP contribution in [0.4, 0.5) is 0 Å². The van der Waals surface area contributed by atoms with Crippen molar-refractivity contribution in [3.05, 3.63) is 60.8 Å². The molecule has 0 aromatic carbocycles. The number of rotatable bonds is 73. The SMILES string of the molecule is CC/C=C\C/C=C\C/C=C\C/C=C\C/C=C\CCCCCCCCCCCCCCCCCCCCCCCC(=O)OC(CO)COC(=O)CCCCCCCCCCCCCCCCCCCCCCCCCCCCCCCCCCCCC. The van der Waals surface area contributed by atoms with Crippen molar-refractivity contribution in [1.82, 2.24) is 0 Å². The van der Waals surface area contributed by atoms with Crippen LogP contribution in [0.3, 0.4) is 0 Å². The van der Waals surface area contributed by atoms with Crippen LogP contribution in [0.2, 0.25) is 0 Å². The highest BCUT2D eigenvalue weighted by atomic mass is 16.6. The van der Waals surface area contributed by atoms with E-state index in [1.54, 1.807) is 0 Å². The molecular formula is C81H150O5. The molecule has 5 heteroatoms. The molecule has 0 spiro atoms. The molecule has 0 aromatic heterocycles. The smallest absolute Gasteiger partial charge is 0.306 e. The van der Waals surface area contributed by atoms with Crippen LogP contribution in [-0.4, -0.2) is 36.4 Å². The topological polar surface area (TPSA) is 72.8 Å². The maximum Gasteiger partial charge on any atom is 0.306 e. The van der Waals surface area contributed by atoms with Gasteiger partial charge in [0, 0.05) is 12.8 Å². The zero-order chi connectivity index (χ0) is 61.9. The fourth-order valence-corrected chi connectivity index (χ4v) is 12.1. The fraction of sp³-hybridized carbons (Fsp3) is 0.852. The minimum atomic E-state index is -0.771. The Bertz CT molecular complexity index is 1460. The third kappa shape index (κ3) is 74.1. The lowest BCUT2D eigenvalue weighted by Crippen LogP contribution is -2.28. The van der Waals surface area contributed by atoms with E-state index in [9.17, 15) is 14.7 Å². The van der Waals surface area contributed by atoms with Crippen molar-refractivity contribution in [2.75, 3.05) is 13.2 Å². The van der Waals surface area contributed by atoms with E-state index in [0.717, 1.165) is 64.2 Å². The summed E-state index contributed by atoms with van der Waals surface area (Å²) in [6.07, 6.45) is 106. The minimum absolute atomic E-state index is 0.0595. The second-order valence-electron chi connectivity index (χ2n) is 26.4. The molecule has 504 valence electrons. The van der Waals surface area contributed by atoms with Crippen molar-refractivity contribution >= 4 is 11.9 Å². The van der Waals surface area contributed by atoms with Gasteiger partial charge in [-0.1, -0.05) is 415 Å². The van der Waals surface area contributed by atoms with Crippen molar-refractivity contribution in [3.8, 4) is 0 Å². The molecular weight excluding hydrogens is 1050 g/mol. The largest absolute Gasteiger partial charge is 0.462 e. The van der Waals surface area contributed by atoms with E-state index in [-0.39, 0.29) is 25.2 Å². The Kier molecular flexibility index (Phi) is 74.7. The molecule has 0 aliphatic carbocycles. The number of hydrogen-bond donors (Lipinski definition) is 1. The van der Waals surface area contributed by atoms with Gasteiger partial charge < -0.3 is 14.6 Å². The summed E-state index contributed by atoms with van der Waals surface area (Å²) in [6.45, 7) is 4.09. The van der Waals surface area contributed by atoms with Gasteiger partial charge in [0.2, 0.25) is 0 Å². The van der Waals surface area contributed by atoms with Crippen LogP contribution in [0.5, 0.6) is 0 Å². The Morgan fingerprint density at radius 3 is 0.756 bits per heavy atom. The number of esters is 2. The number of carbonyl (C=O) groups is 2. The van der Waals surface area contributed by atoms with Gasteiger partial charge in [0.25, 0.3) is 0 Å². The number of hydrogen-bond acceptors (Lipinski definition) is 5. The Morgan fingerprint density at radius 1 is 0.279 bits per heavy atom. The first-order chi connectivity index (χ1) is 42.6. The van der Waals surface area contributed by atoms with Crippen molar-refractivity contribution in [1.29, 1.82) is 0 Å². The van der Waals surface area contributed by atoms with E-state index in [1.807, 2.05) is 0 Å². The second kappa shape index (κ2) is 76.8. The first-order valence-electron chi connectivity index (χ1n) is 38.8. The third-order valence-electron chi connectivity index (χ3n) is 17.8. The maximum atomic E-state index is 12.4. The Labute approximate surface area is 538 Å². The molecule has 1 N–H and O–H groups in total. The van der Waals surface area contributed by atoms with Gasteiger partial charge in [-0.2, -0.15) is 0 Å². The van der Waals surface area contributed by atoms with Gasteiger partial charge in [0.15, 0.2) is 6.10 Å². The number of unbranched alkanes of at least 4 members (excludes halogenated alkanes) is 55. The molecule has 0 saturated heterocycles. The standard InChI is InChI=1S/C81H150O5/c1-3-5-7-9-11-13-15-17-19-21-23-25-27-29-31-33-35-37-39-40-42-44-46-48-50-52-54-56-58-60-62-64-66-68-70-72-74-76-81(84)86-79(77-82)78-85-80(83)75-73-71-69-67-65-63-61-59-57-55-53-51-49-47-45-43-41-38-36-34-32-30-28-26-24-22-20-18-16-14-12-10-8-6-4-2/h5,7,11,13,17,19,23,25,29,31,79,82H,3-4,6,8-10,12,14-16,18,20-22,24,26-28,30,32-78H2,1-2H3/b7-5-,13-11-,19-17-,25-23-,31-29-. The zero-order valence-electron chi connectivity index (χ0n) is 58.1. The Balaban J connectivity index is 3.37. The lowest BCUT2D eigenvalue weighted by Gasteiger charge is -2.15. The van der Waals surface area contributed by atoms with Gasteiger partial charge in [-0.05, 0) is 57.8 Å². The summed E-state index contributed by atoms with van der Waals surface area (Å²) in [6, 6.07) is 0. The Morgan fingerprint density at radius 2 is 0.500 bits per heavy atom. The molecule has 86 heavy (non-hydrogen) atoms. The summed E-state index contributed by atoms with van der Waals surface area (Å²) < 4.78 is 10.8. The summed E-state index contributed by atoms with van der Waals surface area (Å²) >= 11 is 0. The highest BCUT2D eigenvalue weighted by Gasteiger charge is 2.16. The predicted octanol–water partition coefficient (Wildman–Crippen LogP) is 27.2. The van der Waals surface area contributed by atoms with Gasteiger partial charge in [-0.15, -0.1) is 0 Å². The van der Waals surface area contributed by atoms with Gasteiger partial charge in [-0.25, -0.2) is 0 Å². The van der Waals surface area contributed by atoms with Gasteiger partial charge in [0.1, 0.15) is 6.61 Å². The molecule has 0 amide bonds. The molecule has 0 saturated carbocycles. The van der Waals surface area contributed by atoms with E-state index in [2.05, 4.69) is 74.6 Å². The van der Waals surface area contributed by atoms with Gasteiger partial charge in [-0.3, -0.25) is 9.59 Å². The molecule has 0 fully saturated rings. The van der Waals surface area contributed by atoms with Crippen LogP contribution in [0.1, 0.15) is 425 Å². The molecule has 1 unspecified atom stereocenters. The van der Waals surface area contributed by atoms with Crippen molar-refractivity contribution < 1.29 is 24.2 Å². The number of aliphatic hydroxyl groups is 1. The monoisotopic (exact) mass is 1200 g/mol. The van der Waals surface area contributed by atoms with Crippen LogP contribution in [0.15, 0.2) is 60.8 Å². The van der Waals surface area contributed by atoms with Crippen LogP contribution < -0.4 is 0 Å². The average Bonchev–Trinajstić information content (AvgIpc) is 3.53. The number of carbonyl (C=O) groups excluding carboxylic acids is 2. The first-order valence-corrected chi connectivity index (χ1v) is 38.8. The molecule has 0 bridgehead atoms. The van der Waals surface area contributed by atoms with Crippen LogP contribution >= 0.6 is 0 Å². The van der Waals surface area contributed by atoms with E-state index in [4.69, 9.17) is 9.47 Å². The average molecular weight is 1200 g/mol. The summed E-state index contributed by atoms with van der Waals surface area (Å²) in [5.74, 6) is -0.564. The summed E-state index contributed by atoms with van der Waals surface area (Å²) in [5, 5.41) is 9.72. The molecule has 0 rings (SSSR count). The van der Waals surface area contributed by atoms with Gasteiger partial charge >= 0.3 is 11.9 Å². The molecule has 0 aliphatic heterocycles. The fourth-order valence-electron chi connectivity index (χ4n) is 12.1. The lowest BCUT2D eigenvalue weighted by atomic mass is 10.0. The zero-order valence-corrected chi connectivity index (χ0v) is 58.1. The predicted molar refractivity (Wildman–Crippen MR) is 380 cm³/mol. The van der Waals surface area contributed by atoms with E-state index >= 15 is 0 Å². The maximum absolute atomic E-state index is 12.4. The normalized spacial score (nSPS) is 12.5. The van der Waals surface area contributed by atoms with Crippen LogP contribution in [0.25, 0.3) is 0 Å². The highest BCUT2D eigenvalue weighted by Crippen LogP contribution is 2.20. The third-order valence-corrected chi connectivity index (χ3v) is 17.8.